The van der Waals surface area contributed by atoms with Crippen molar-refractivity contribution in [3.63, 3.8) is 0 Å². The predicted octanol–water partition coefficient (Wildman–Crippen LogP) is 2.28. The van der Waals surface area contributed by atoms with E-state index in [4.69, 9.17) is 5.84 Å². The Morgan fingerprint density at radius 2 is 2.10 bits per heavy atom. The molecule has 1 aromatic carbocycles. The molecule has 1 aliphatic carbocycles. The third-order valence-electron chi connectivity index (χ3n) is 3.84. The maximum Gasteiger partial charge on any atom is 0.205 e. The first-order chi connectivity index (χ1) is 9.78. The summed E-state index contributed by atoms with van der Waals surface area (Å²) in [5.41, 5.74) is 5.30. The summed E-state index contributed by atoms with van der Waals surface area (Å²) in [5.74, 6) is 6.28. The number of benzene rings is 1. The van der Waals surface area contributed by atoms with Gasteiger partial charge in [0.15, 0.2) is 0 Å². The molecule has 2 rings (SSSR count). The molecule has 4 heteroatoms. The average Bonchev–Trinajstić information content (AvgIpc) is 2.47. The molecule has 0 aromatic heterocycles. The van der Waals surface area contributed by atoms with Gasteiger partial charge in [0.25, 0.3) is 0 Å². The average molecular weight is 274 g/mol. The molecule has 0 atom stereocenters. The fourth-order valence-corrected chi connectivity index (χ4v) is 2.74. The van der Waals surface area contributed by atoms with Crippen molar-refractivity contribution in [3.05, 3.63) is 35.4 Å². The molecule has 0 amide bonds. The van der Waals surface area contributed by atoms with Crippen molar-refractivity contribution in [1.29, 1.82) is 0 Å². The molecule has 0 bridgehead atoms. The SMILES string of the molecule is Cc1cccc(CCN=C(NN)NC2CCCCC2)c1. The van der Waals surface area contributed by atoms with E-state index in [0.29, 0.717) is 6.04 Å². The zero-order valence-electron chi connectivity index (χ0n) is 12.4. The summed E-state index contributed by atoms with van der Waals surface area (Å²) in [4.78, 5) is 4.53. The first kappa shape index (κ1) is 14.9. The van der Waals surface area contributed by atoms with Gasteiger partial charge in [-0.25, -0.2) is 5.84 Å². The Hall–Kier alpha value is -1.55. The van der Waals surface area contributed by atoms with Crippen molar-refractivity contribution in [2.24, 2.45) is 10.8 Å². The second-order valence-corrected chi connectivity index (χ2v) is 5.59. The van der Waals surface area contributed by atoms with Crippen molar-refractivity contribution in [1.82, 2.24) is 10.7 Å². The highest BCUT2D eigenvalue weighted by atomic mass is 15.3. The van der Waals surface area contributed by atoms with Crippen LogP contribution in [0.5, 0.6) is 0 Å². The van der Waals surface area contributed by atoms with Gasteiger partial charge in [-0.2, -0.15) is 0 Å². The van der Waals surface area contributed by atoms with E-state index in [-0.39, 0.29) is 0 Å². The number of rotatable bonds is 4. The van der Waals surface area contributed by atoms with Gasteiger partial charge in [-0.15, -0.1) is 0 Å². The first-order valence-corrected chi connectivity index (χ1v) is 7.61. The topological polar surface area (TPSA) is 62.4 Å². The van der Waals surface area contributed by atoms with Crippen molar-refractivity contribution < 1.29 is 0 Å². The molecule has 4 N–H and O–H groups in total. The van der Waals surface area contributed by atoms with Crippen LogP contribution >= 0.6 is 0 Å². The number of guanidine groups is 1. The van der Waals surface area contributed by atoms with Crippen LogP contribution in [0.15, 0.2) is 29.3 Å². The van der Waals surface area contributed by atoms with Gasteiger partial charge in [0.1, 0.15) is 0 Å². The van der Waals surface area contributed by atoms with Crippen LogP contribution in [0.1, 0.15) is 43.2 Å². The highest BCUT2D eigenvalue weighted by Gasteiger charge is 2.13. The molecule has 0 aliphatic heterocycles. The molecule has 0 spiro atoms. The van der Waals surface area contributed by atoms with Gasteiger partial charge in [-0.1, -0.05) is 49.1 Å². The smallest absolute Gasteiger partial charge is 0.205 e. The van der Waals surface area contributed by atoms with Gasteiger partial charge in [0, 0.05) is 12.6 Å². The molecular formula is C16H26N4. The van der Waals surface area contributed by atoms with E-state index in [9.17, 15) is 0 Å². The number of nitrogens with two attached hydrogens (primary N) is 1. The third kappa shape index (κ3) is 4.85. The zero-order valence-corrected chi connectivity index (χ0v) is 12.4. The van der Waals surface area contributed by atoms with E-state index in [2.05, 4.69) is 46.9 Å². The minimum Gasteiger partial charge on any atom is -0.353 e. The summed E-state index contributed by atoms with van der Waals surface area (Å²) >= 11 is 0. The van der Waals surface area contributed by atoms with Gasteiger partial charge in [0.2, 0.25) is 5.96 Å². The molecule has 0 saturated heterocycles. The maximum atomic E-state index is 5.55. The molecule has 0 heterocycles. The van der Waals surface area contributed by atoms with Crippen LogP contribution in [0.25, 0.3) is 0 Å². The van der Waals surface area contributed by atoms with Crippen LogP contribution < -0.4 is 16.6 Å². The number of hydrazine groups is 1. The second kappa shape index (κ2) is 7.90. The number of hydrogen-bond acceptors (Lipinski definition) is 2. The van der Waals surface area contributed by atoms with Gasteiger partial charge < -0.3 is 5.32 Å². The second-order valence-electron chi connectivity index (χ2n) is 5.59. The summed E-state index contributed by atoms with van der Waals surface area (Å²) in [6.07, 6.45) is 7.35. The van der Waals surface area contributed by atoms with Crippen LogP contribution in [0.4, 0.5) is 0 Å². The van der Waals surface area contributed by atoms with Crippen molar-refractivity contribution in [3.8, 4) is 0 Å². The molecular weight excluding hydrogens is 248 g/mol. The Bertz CT molecular complexity index is 436. The van der Waals surface area contributed by atoms with E-state index in [1.54, 1.807) is 0 Å². The molecule has 1 fully saturated rings. The molecule has 20 heavy (non-hydrogen) atoms. The van der Waals surface area contributed by atoms with Crippen LogP contribution in [0.2, 0.25) is 0 Å². The molecule has 1 saturated carbocycles. The molecule has 110 valence electrons. The lowest BCUT2D eigenvalue weighted by Gasteiger charge is -2.24. The highest BCUT2D eigenvalue weighted by molar-refractivity contribution is 5.79. The lowest BCUT2D eigenvalue weighted by molar-refractivity contribution is 0.410. The zero-order chi connectivity index (χ0) is 14.2. The van der Waals surface area contributed by atoms with Crippen molar-refractivity contribution >= 4 is 5.96 Å². The number of hydrogen-bond donors (Lipinski definition) is 3. The fraction of sp³-hybridized carbons (Fsp3) is 0.562. The summed E-state index contributed by atoms with van der Waals surface area (Å²) in [7, 11) is 0. The Kier molecular flexibility index (Phi) is 5.87. The third-order valence-corrected chi connectivity index (χ3v) is 3.84. The molecule has 0 unspecified atom stereocenters. The Labute approximate surface area is 121 Å². The summed E-state index contributed by atoms with van der Waals surface area (Å²) < 4.78 is 0. The van der Waals surface area contributed by atoms with Crippen LogP contribution in [0, 0.1) is 6.92 Å². The summed E-state index contributed by atoms with van der Waals surface area (Å²) in [6, 6.07) is 9.09. The van der Waals surface area contributed by atoms with Crippen LogP contribution in [-0.4, -0.2) is 18.5 Å². The standard InChI is InChI=1S/C16H26N4/c1-13-6-5-7-14(12-13)10-11-18-16(20-17)19-15-8-3-2-4-9-15/h5-7,12,15H,2-4,8-11,17H2,1H3,(H2,18,19,20). The van der Waals surface area contributed by atoms with E-state index in [1.165, 1.54) is 43.2 Å². The maximum absolute atomic E-state index is 5.55. The normalized spacial score (nSPS) is 17.0. The minimum absolute atomic E-state index is 0.525. The lowest BCUT2D eigenvalue weighted by Crippen LogP contribution is -2.47. The quantitative estimate of drug-likeness (QED) is 0.342. The summed E-state index contributed by atoms with van der Waals surface area (Å²) in [6.45, 7) is 2.87. The highest BCUT2D eigenvalue weighted by Crippen LogP contribution is 2.17. The first-order valence-electron chi connectivity index (χ1n) is 7.61. The molecule has 1 aliphatic rings. The van der Waals surface area contributed by atoms with Crippen molar-refractivity contribution in [2.45, 2.75) is 51.5 Å². The predicted molar refractivity (Wildman–Crippen MR) is 84.5 cm³/mol. The molecule has 1 aromatic rings. The fourth-order valence-electron chi connectivity index (χ4n) is 2.74. The molecule has 0 radical (unpaired) electrons. The summed E-state index contributed by atoms with van der Waals surface area (Å²) in [5, 5.41) is 3.42. The monoisotopic (exact) mass is 274 g/mol. The Morgan fingerprint density at radius 3 is 2.80 bits per heavy atom. The van der Waals surface area contributed by atoms with Gasteiger partial charge in [-0.05, 0) is 31.7 Å². The largest absolute Gasteiger partial charge is 0.353 e. The van der Waals surface area contributed by atoms with Gasteiger partial charge in [0.05, 0.1) is 0 Å². The van der Waals surface area contributed by atoms with Crippen LogP contribution in [0.3, 0.4) is 0 Å². The van der Waals surface area contributed by atoms with E-state index in [0.717, 1.165) is 18.9 Å². The molecule has 4 nitrogen and oxygen atoms in total. The Balaban J connectivity index is 1.81. The number of aliphatic imine (C=N–C) groups is 1. The number of nitrogens with one attached hydrogen (secondary N) is 2. The van der Waals surface area contributed by atoms with Crippen LogP contribution in [-0.2, 0) is 6.42 Å². The van der Waals surface area contributed by atoms with Crippen molar-refractivity contribution in [2.75, 3.05) is 6.54 Å². The van der Waals surface area contributed by atoms with E-state index >= 15 is 0 Å². The Morgan fingerprint density at radius 1 is 1.30 bits per heavy atom. The number of aryl methyl sites for hydroxylation is 1. The van der Waals surface area contributed by atoms with E-state index < -0.39 is 0 Å². The number of nitrogens with zero attached hydrogens (tertiary/aromatic N) is 1. The minimum atomic E-state index is 0.525. The lowest BCUT2D eigenvalue weighted by atomic mass is 9.96. The van der Waals surface area contributed by atoms with Gasteiger partial charge in [-0.3, -0.25) is 10.4 Å². The van der Waals surface area contributed by atoms with E-state index in [1.807, 2.05) is 0 Å². The van der Waals surface area contributed by atoms with Gasteiger partial charge >= 0.3 is 0 Å².